The Kier molecular flexibility index (Phi) is 5.23. The first-order valence-corrected chi connectivity index (χ1v) is 7.49. The van der Waals surface area contributed by atoms with Crippen molar-refractivity contribution in [2.75, 3.05) is 0 Å². The molecular formula is C16H22N2O2. The molecule has 1 aliphatic carbocycles. The molecule has 1 heterocycles. The molecule has 0 saturated heterocycles. The number of nitrogens with one attached hydrogen (secondary N) is 1. The molecular weight excluding hydrogens is 252 g/mol. The van der Waals surface area contributed by atoms with Gasteiger partial charge < -0.3 is 9.73 Å². The topological polar surface area (TPSA) is 66.0 Å². The maximum Gasteiger partial charge on any atom is 0.221 e. The zero-order valence-electron chi connectivity index (χ0n) is 11.9. The summed E-state index contributed by atoms with van der Waals surface area (Å²) in [6, 6.07) is 6.04. The quantitative estimate of drug-likeness (QED) is 0.915. The molecule has 2 rings (SSSR count). The van der Waals surface area contributed by atoms with E-state index in [0.29, 0.717) is 12.8 Å². The summed E-state index contributed by atoms with van der Waals surface area (Å²) in [4.78, 5) is 12.1. The smallest absolute Gasteiger partial charge is 0.221 e. The molecule has 1 amide bonds. The molecule has 108 valence electrons. The van der Waals surface area contributed by atoms with Crippen LogP contribution in [-0.2, 0) is 11.2 Å². The summed E-state index contributed by atoms with van der Waals surface area (Å²) >= 11 is 0. The van der Waals surface area contributed by atoms with Crippen molar-refractivity contribution in [1.29, 1.82) is 5.26 Å². The van der Waals surface area contributed by atoms with Gasteiger partial charge in [0.1, 0.15) is 11.3 Å². The molecule has 1 aromatic heterocycles. The second-order valence-corrected chi connectivity index (χ2v) is 5.59. The number of aryl methyl sites for hydroxylation is 1. The van der Waals surface area contributed by atoms with E-state index in [-0.39, 0.29) is 5.91 Å². The Hall–Kier alpha value is -1.76. The average molecular weight is 274 g/mol. The first-order valence-electron chi connectivity index (χ1n) is 7.49. The Bertz CT molecular complexity index is 451. The molecule has 1 aliphatic rings. The normalized spacial score (nSPS) is 18.6. The van der Waals surface area contributed by atoms with Gasteiger partial charge in [-0.3, -0.25) is 4.79 Å². The number of furan rings is 1. The average Bonchev–Trinajstić information content (AvgIpc) is 2.93. The zero-order valence-corrected chi connectivity index (χ0v) is 11.9. The fraction of sp³-hybridized carbons (Fsp3) is 0.625. The standard InChI is InChI=1S/C16H22N2O2/c17-13-16(10-4-2-1-3-5-11-16)18-15(19)9-8-14-7-6-12-20-14/h6-7,12H,1-5,8-11H2,(H,18,19). The van der Waals surface area contributed by atoms with Crippen LogP contribution in [0.25, 0.3) is 0 Å². The maximum absolute atomic E-state index is 12.1. The van der Waals surface area contributed by atoms with Crippen molar-refractivity contribution in [3.8, 4) is 6.07 Å². The first-order chi connectivity index (χ1) is 9.74. The third-order valence-corrected chi connectivity index (χ3v) is 3.98. The number of carbonyl (C=O) groups is 1. The fourth-order valence-electron chi connectivity index (χ4n) is 2.79. The van der Waals surface area contributed by atoms with Crippen LogP contribution in [0.15, 0.2) is 22.8 Å². The molecule has 1 saturated carbocycles. The highest BCUT2D eigenvalue weighted by molar-refractivity contribution is 5.77. The number of rotatable bonds is 4. The highest BCUT2D eigenvalue weighted by Crippen LogP contribution is 2.26. The van der Waals surface area contributed by atoms with Gasteiger partial charge >= 0.3 is 0 Å². The van der Waals surface area contributed by atoms with E-state index in [1.807, 2.05) is 12.1 Å². The van der Waals surface area contributed by atoms with E-state index < -0.39 is 5.54 Å². The second-order valence-electron chi connectivity index (χ2n) is 5.59. The van der Waals surface area contributed by atoms with E-state index in [1.54, 1.807) is 6.26 Å². The van der Waals surface area contributed by atoms with Crippen LogP contribution in [-0.4, -0.2) is 11.4 Å². The maximum atomic E-state index is 12.1. The first kappa shape index (κ1) is 14.6. The molecule has 1 aromatic rings. The molecule has 0 radical (unpaired) electrons. The monoisotopic (exact) mass is 274 g/mol. The molecule has 0 unspecified atom stereocenters. The molecule has 1 fully saturated rings. The largest absolute Gasteiger partial charge is 0.469 e. The van der Waals surface area contributed by atoms with Gasteiger partial charge in [-0.05, 0) is 25.0 Å². The van der Waals surface area contributed by atoms with Crippen LogP contribution in [0.3, 0.4) is 0 Å². The van der Waals surface area contributed by atoms with Crippen LogP contribution < -0.4 is 5.32 Å². The van der Waals surface area contributed by atoms with Crippen LogP contribution in [0.4, 0.5) is 0 Å². The number of hydrogen-bond acceptors (Lipinski definition) is 3. The van der Waals surface area contributed by atoms with Crippen molar-refractivity contribution in [3.05, 3.63) is 24.2 Å². The van der Waals surface area contributed by atoms with Crippen molar-refractivity contribution in [2.45, 2.75) is 63.3 Å². The van der Waals surface area contributed by atoms with Crippen molar-refractivity contribution in [3.63, 3.8) is 0 Å². The molecule has 0 aromatic carbocycles. The third-order valence-electron chi connectivity index (χ3n) is 3.98. The Morgan fingerprint density at radius 2 is 2.00 bits per heavy atom. The SMILES string of the molecule is N#CC1(NC(=O)CCc2ccco2)CCCCCCC1. The van der Waals surface area contributed by atoms with Crippen LogP contribution in [0.5, 0.6) is 0 Å². The minimum absolute atomic E-state index is 0.0523. The van der Waals surface area contributed by atoms with Crippen LogP contribution in [0, 0.1) is 11.3 Å². The summed E-state index contributed by atoms with van der Waals surface area (Å²) in [5.74, 6) is 0.757. The third kappa shape index (κ3) is 4.12. The van der Waals surface area contributed by atoms with Crippen molar-refractivity contribution in [1.82, 2.24) is 5.32 Å². The fourth-order valence-corrected chi connectivity index (χ4v) is 2.79. The molecule has 0 atom stereocenters. The van der Waals surface area contributed by atoms with Crippen molar-refractivity contribution in [2.24, 2.45) is 0 Å². The van der Waals surface area contributed by atoms with E-state index in [9.17, 15) is 10.1 Å². The van der Waals surface area contributed by atoms with E-state index in [4.69, 9.17) is 4.42 Å². The number of carbonyl (C=O) groups excluding carboxylic acids is 1. The molecule has 0 bridgehead atoms. The summed E-state index contributed by atoms with van der Waals surface area (Å²) in [6.07, 6.45) is 9.71. The predicted octanol–water partition coefficient (Wildman–Crippen LogP) is 3.34. The van der Waals surface area contributed by atoms with Gasteiger partial charge in [0.05, 0.1) is 12.3 Å². The van der Waals surface area contributed by atoms with Crippen LogP contribution in [0.2, 0.25) is 0 Å². The summed E-state index contributed by atoms with van der Waals surface area (Å²) < 4.78 is 5.22. The van der Waals surface area contributed by atoms with Crippen molar-refractivity contribution >= 4 is 5.91 Å². The van der Waals surface area contributed by atoms with Gasteiger partial charge in [0, 0.05) is 12.8 Å². The molecule has 1 N–H and O–H groups in total. The Morgan fingerprint density at radius 3 is 2.60 bits per heavy atom. The summed E-state index contributed by atoms with van der Waals surface area (Å²) in [7, 11) is 0. The van der Waals surface area contributed by atoms with Gasteiger partial charge in [0.25, 0.3) is 0 Å². The van der Waals surface area contributed by atoms with E-state index >= 15 is 0 Å². The highest BCUT2D eigenvalue weighted by Gasteiger charge is 2.31. The van der Waals surface area contributed by atoms with Gasteiger partial charge in [-0.2, -0.15) is 5.26 Å². The highest BCUT2D eigenvalue weighted by atomic mass is 16.3. The van der Waals surface area contributed by atoms with Gasteiger partial charge in [0.2, 0.25) is 5.91 Å². The molecule has 20 heavy (non-hydrogen) atoms. The summed E-state index contributed by atoms with van der Waals surface area (Å²) in [5, 5.41) is 12.4. The number of hydrogen-bond donors (Lipinski definition) is 1. The molecule has 4 heteroatoms. The van der Waals surface area contributed by atoms with Crippen molar-refractivity contribution < 1.29 is 9.21 Å². The zero-order chi connectivity index (χ0) is 14.3. The van der Waals surface area contributed by atoms with Gasteiger partial charge in [-0.1, -0.05) is 32.1 Å². The number of nitriles is 1. The van der Waals surface area contributed by atoms with Crippen LogP contribution in [0.1, 0.15) is 57.1 Å². The second kappa shape index (κ2) is 7.14. The van der Waals surface area contributed by atoms with E-state index in [2.05, 4.69) is 11.4 Å². The molecule has 0 aliphatic heterocycles. The lowest BCUT2D eigenvalue weighted by molar-refractivity contribution is -0.122. The predicted molar refractivity (Wildman–Crippen MR) is 75.8 cm³/mol. The Morgan fingerprint density at radius 1 is 1.30 bits per heavy atom. The van der Waals surface area contributed by atoms with E-state index in [1.165, 1.54) is 6.42 Å². The number of amides is 1. The molecule has 4 nitrogen and oxygen atoms in total. The Balaban J connectivity index is 1.87. The van der Waals surface area contributed by atoms with Crippen LogP contribution >= 0.6 is 0 Å². The van der Waals surface area contributed by atoms with Gasteiger partial charge in [0.15, 0.2) is 0 Å². The minimum Gasteiger partial charge on any atom is -0.469 e. The lowest BCUT2D eigenvalue weighted by Gasteiger charge is -2.29. The van der Waals surface area contributed by atoms with Gasteiger partial charge in [-0.15, -0.1) is 0 Å². The summed E-state index contributed by atoms with van der Waals surface area (Å²) in [6.45, 7) is 0. The molecule has 0 spiro atoms. The minimum atomic E-state index is -0.652. The lowest BCUT2D eigenvalue weighted by atomic mass is 9.85. The summed E-state index contributed by atoms with van der Waals surface area (Å²) in [5.41, 5.74) is -0.652. The van der Waals surface area contributed by atoms with Gasteiger partial charge in [-0.25, -0.2) is 0 Å². The number of nitrogens with zero attached hydrogens (tertiary/aromatic N) is 1. The Labute approximate surface area is 120 Å². The van der Waals surface area contributed by atoms with E-state index in [0.717, 1.165) is 44.3 Å². The lowest BCUT2D eigenvalue weighted by Crippen LogP contribution is -2.47.